The van der Waals surface area contributed by atoms with Crippen LogP contribution in [0.1, 0.15) is 36.6 Å². The Balaban J connectivity index is 0.000000612. The van der Waals surface area contributed by atoms with Gasteiger partial charge in [-0.3, -0.25) is 0 Å². The first-order chi connectivity index (χ1) is 9.62. The largest absolute Gasteiger partial charge is 0.331 e. The SMILES string of the molecule is CCN.CCc1ccc(Cl)c(SC(C)c2nccs2)c1. The van der Waals surface area contributed by atoms with Gasteiger partial charge >= 0.3 is 0 Å². The van der Waals surface area contributed by atoms with E-state index in [4.69, 9.17) is 17.3 Å². The fourth-order valence-electron chi connectivity index (χ4n) is 1.53. The van der Waals surface area contributed by atoms with E-state index in [1.54, 1.807) is 23.1 Å². The van der Waals surface area contributed by atoms with Crippen LogP contribution in [0.15, 0.2) is 34.7 Å². The molecule has 1 heterocycles. The number of hydrogen-bond donors (Lipinski definition) is 1. The molecule has 0 fully saturated rings. The molecule has 1 unspecified atom stereocenters. The van der Waals surface area contributed by atoms with Gasteiger partial charge in [0.25, 0.3) is 0 Å². The zero-order chi connectivity index (χ0) is 15.0. The summed E-state index contributed by atoms with van der Waals surface area (Å²) < 4.78 is 0. The third-order valence-corrected chi connectivity index (χ3v) is 5.22. The van der Waals surface area contributed by atoms with Crippen LogP contribution in [-0.2, 0) is 6.42 Å². The number of thioether (sulfide) groups is 1. The molecule has 0 amide bonds. The summed E-state index contributed by atoms with van der Waals surface area (Å²) in [5.41, 5.74) is 6.17. The number of benzene rings is 1. The van der Waals surface area contributed by atoms with Gasteiger partial charge in [0, 0.05) is 16.5 Å². The van der Waals surface area contributed by atoms with Crippen LogP contribution < -0.4 is 5.73 Å². The predicted octanol–water partition coefficient (Wildman–Crippen LogP) is 5.18. The minimum atomic E-state index is 0.347. The van der Waals surface area contributed by atoms with Crippen LogP contribution in [-0.4, -0.2) is 11.5 Å². The number of aryl methyl sites for hydroxylation is 1. The van der Waals surface area contributed by atoms with E-state index in [9.17, 15) is 0 Å². The lowest BCUT2D eigenvalue weighted by Crippen LogP contribution is -1.88. The van der Waals surface area contributed by atoms with E-state index in [0.29, 0.717) is 5.25 Å². The molecule has 20 heavy (non-hydrogen) atoms. The number of hydrogen-bond acceptors (Lipinski definition) is 4. The minimum Gasteiger partial charge on any atom is -0.331 e. The summed E-state index contributed by atoms with van der Waals surface area (Å²) in [6.45, 7) is 6.97. The highest BCUT2D eigenvalue weighted by atomic mass is 35.5. The summed E-state index contributed by atoms with van der Waals surface area (Å²) in [5, 5.41) is 4.33. The van der Waals surface area contributed by atoms with Gasteiger partial charge in [-0.1, -0.05) is 31.5 Å². The standard InChI is InChI=1S/C13H14ClNS2.C2H7N/c1-3-10-4-5-11(14)12(8-10)17-9(2)13-15-6-7-16-13;1-2-3/h4-9H,3H2,1-2H3;2-3H2,1H3. The first-order valence-electron chi connectivity index (χ1n) is 6.66. The van der Waals surface area contributed by atoms with E-state index in [2.05, 4.69) is 31.0 Å². The van der Waals surface area contributed by atoms with Crippen molar-refractivity contribution in [3.8, 4) is 0 Å². The van der Waals surface area contributed by atoms with Gasteiger partial charge in [0.05, 0.1) is 10.3 Å². The maximum atomic E-state index is 6.22. The highest BCUT2D eigenvalue weighted by Crippen LogP contribution is 2.39. The molecular formula is C15H21ClN2S2. The van der Waals surface area contributed by atoms with Gasteiger partial charge < -0.3 is 5.73 Å². The maximum absolute atomic E-state index is 6.22. The zero-order valence-corrected chi connectivity index (χ0v) is 14.5. The van der Waals surface area contributed by atoms with E-state index in [0.717, 1.165) is 27.9 Å². The molecule has 2 N–H and O–H groups in total. The van der Waals surface area contributed by atoms with Crippen molar-refractivity contribution in [2.75, 3.05) is 6.54 Å². The lowest BCUT2D eigenvalue weighted by Gasteiger charge is -2.10. The van der Waals surface area contributed by atoms with Gasteiger partial charge in [-0.15, -0.1) is 23.1 Å². The van der Waals surface area contributed by atoms with Crippen LogP contribution in [0.4, 0.5) is 0 Å². The second kappa shape index (κ2) is 9.40. The highest BCUT2D eigenvalue weighted by molar-refractivity contribution is 7.99. The van der Waals surface area contributed by atoms with Crippen molar-refractivity contribution >= 4 is 34.7 Å². The Morgan fingerprint density at radius 1 is 1.40 bits per heavy atom. The summed E-state index contributed by atoms with van der Waals surface area (Å²) in [5.74, 6) is 0. The summed E-state index contributed by atoms with van der Waals surface area (Å²) >= 11 is 9.69. The molecule has 2 nitrogen and oxygen atoms in total. The number of aromatic nitrogens is 1. The number of nitrogens with zero attached hydrogens (tertiary/aromatic N) is 1. The van der Waals surface area contributed by atoms with Crippen molar-refractivity contribution in [1.29, 1.82) is 0 Å². The van der Waals surface area contributed by atoms with Gasteiger partial charge in [-0.2, -0.15) is 0 Å². The lowest BCUT2D eigenvalue weighted by atomic mass is 10.2. The van der Waals surface area contributed by atoms with Crippen molar-refractivity contribution in [3.05, 3.63) is 45.4 Å². The molecular weight excluding hydrogens is 308 g/mol. The van der Waals surface area contributed by atoms with Gasteiger partial charge in [0.2, 0.25) is 0 Å². The number of halogens is 1. The minimum absolute atomic E-state index is 0.347. The molecule has 0 spiro atoms. The second-order valence-corrected chi connectivity index (χ2v) is 6.87. The Labute approximate surface area is 134 Å². The zero-order valence-electron chi connectivity index (χ0n) is 12.1. The molecule has 0 saturated heterocycles. The molecule has 1 aromatic heterocycles. The lowest BCUT2D eigenvalue weighted by molar-refractivity contribution is 1.05. The van der Waals surface area contributed by atoms with E-state index in [1.807, 2.05) is 24.6 Å². The quantitative estimate of drug-likeness (QED) is 0.786. The molecule has 110 valence electrons. The first-order valence-corrected chi connectivity index (χ1v) is 8.80. The average Bonchev–Trinajstić information content (AvgIpc) is 2.96. The van der Waals surface area contributed by atoms with Crippen molar-refractivity contribution in [2.45, 2.75) is 37.3 Å². The molecule has 2 rings (SSSR count). The molecule has 0 saturated carbocycles. The van der Waals surface area contributed by atoms with Gasteiger partial charge in [0.15, 0.2) is 0 Å². The number of nitrogens with two attached hydrogens (primary N) is 1. The fourth-order valence-corrected chi connectivity index (χ4v) is 3.61. The molecule has 0 aliphatic rings. The Kier molecular flexibility index (Phi) is 8.22. The Bertz CT molecular complexity index is 501. The fraction of sp³-hybridized carbons (Fsp3) is 0.400. The Morgan fingerprint density at radius 2 is 2.10 bits per heavy atom. The normalized spacial score (nSPS) is 11.7. The monoisotopic (exact) mass is 328 g/mol. The topological polar surface area (TPSA) is 38.9 Å². The van der Waals surface area contributed by atoms with Crippen LogP contribution >= 0.6 is 34.7 Å². The molecule has 0 radical (unpaired) electrons. The number of thiazole rings is 1. The van der Waals surface area contributed by atoms with E-state index in [-0.39, 0.29) is 0 Å². The molecule has 1 aromatic carbocycles. The summed E-state index contributed by atoms with van der Waals surface area (Å²) in [4.78, 5) is 5.49. The van der Waals surface area contributed by atoms with E-state index >= 15 is 0 Å². The van der Waals surface area contributed by atoms with E-state index in [1.165, 1.54) is 5.56 Å². The predicted molar refractivity (Wildman–Crippen MR) is 91.9 cm³/mol. The summed E-state index contributed by atoms with van der Waals surface area (Å²) in [7, 11) is 0. The maximum Gasteiger partial charge on any atom is 0.106 e. The van der Waals surface area contributed by atoms with Crippen LogP contribution in [0.25, 0.3) is 0 Å². The smallest absolute Gasteiger partial charge is 0.106 e. The average molecular weight is 329 g/mol. The molecule has 0 bridgehead atoms. The molecule has 0 aliphatic heterocycles. The van der Waals surface area contributed by atoms with E-state index < -0.39 is 0 Å². The van der Waals surface area contributed by atoms with Crippen molar-refractivity contribution in [3.63, 3.8) is 0 Å². The first kappa shape index (κ1) is 17.5. The third kappa shape index (κ3) is 5.44. The Morgan fingerprint density at radius 3 is 2.65 bits per heavy atom. The molecule has 5 heteroatoms. The van der Waals surface area contributed by atoms with Gasteiger partial charge in [-0.25, -0.2) is 4.98 Å². The molecule has 1 atom stereocenters. The Hall–Kier alpha value is -0.550. The van der Waals surface area contributed by atoms with Crippen molar-refractivity contribution in [1.82, 2.24) is 4.98 Å². The van der Waals surface area contributed by atoms with Crippen molar-refractivity contribution < 1.29 is 0 Å². The molecule has 2 aromatic rings. The highest BCUT2D eigenvalue weighted by Gasteiger charge is 2.12. The van der Waals surface area contributed by atoms with Crippen LogP contribution in [0.2, 0.25) is 5.02 Å². The van der Waals surface area contributed by atoms with Crippen LogP contribution in [0, 0.1) is 0 Å². The van der Waals surface area contributed by atoms with Crippen LogP contribution in [0.5, 0.6) is 0 Å². The number of rotatable bonds is 4. The summed E-state index contributed by atoms with van der Waals surface area (Å²) in [6.07, 6.45) is 2.89. The van der Waals surface area contributed by atoms with Gasteiger partial charge in [0.1, 0.15) is 5.01 Å². The molecule has 0 aliphatic carbocycles. The summed E-state index contributed by atoms with van der Waals surface area (Å²) in [6, 6.07) is 6.24. The van der Waals surface area contributed by atoms with Gasteiger partial charge in [-0.05, 0) is 37.6 Å². The third-order valence-electron chi connectivity index (χ3n) is 2.51. The van der Waals surface area contributed by atoms with Crippen molar-refractivity contribution in [2.24, 2.45) is 5.73 Å². The van der Waals surface area contributed by atoms with Crippen LogP contribution in [0.3, 0.4) is 0 Å². The second-order valence-electron chi connectivity index (χ2n) is 4.16.